The first-order chi connectivity index (χ1) is 12.2. The Bertz CT molecular complexity index is 731. The fourth-order valence-electron chi connectivity index (χ4n) is 2.92. The quantitative estimate of drug-likeness (QED) is 0.429. The van der Waals surface area contributed by atoms with Crippen LogP contribution in [-0.4, -0.2) is 56.9 Å². The van der Waals surface area contributed by atoms with Gasteiger partial charge in [0.2, 0.25) is 5.91 Å². The third kappa shape index (κ3) is 4.36. The van der Waals surface area contributed by atoms with E-state index in [0.29, 0.717) is 25.4 Å². The molecule has 0 aromatic carbocycles. The molecule has 136 valence electrons. The lowest BCUT2D eigenvalue weighted by Gasteiger charge is -2.17. The number of fused-ring (bicyclic) bond motifs is 1. The molecule has 0 aliphatic carbocycles. The molecular formula is C16H23ClN6OS. The highest BCUT2D eigenvalue weighted by atomic mass is 35.5. The Labute approximate surface area is 156 Å². The SMILES string of the molecule is CCSc1nc(N2CCCC2)c2cnn(CCNC(=O)CCCl)c2n1. The Morgan fingerprint density at radius 2 is 2.16 bits per heavy atom. The maximum atomic E-state index is 11.5. The van der Waals surface area contributed by atoms with Crippen molar-refractivity contribution in [2.45, 2.75) is 37.9 Å². The van der Waals surface area contributed by atoms with E-state index in [2.05, 4.69) is 27.2 Å². The Morgan fingerprint density at radius 3 is 2.88 bits per heavy atom. The normalized spacial score (nSPS) is 14.4. The lowest BCUT2D eigenvalue weighted by molar-refractivity contribution is -0.120. The van der Waals surface area contributed by atoms with Gasteiger partial charge in [0.25, 0.3) is 0 Å². The van der Waals surface area contributed by atoms with Crippen LogP contribution in [0.3, 0.4) is 0 Å². The van der Waals surface area contributed by atoms with Crippen molar-refractivity contribution in [2.75, 3.05) is 36.2 Å². The van der Waals surface area contributed by atoms with Crippen molar-refractivity contribution in [3.63, 3.8) is 0 Å². The predicted molar refractivity (Wildman–Crippen MR) is 102 cm³/mol. The number of amides is 1. The van der Waals surface area contributed by atoms with E-state index in [0.717, 1.165) is 40.9 Å². The van der Waals surface area contributed by atoms with Gasteiger partial charge in [-0.3, -0.25) is 4.79 Å². The summed E-state index contributed by atoms with van der Waals surface area (Å²) in [5, 5.41) is 9.09. The number of aromatic nitrogens is 4. The number of carbonyl (C=O) groups excluding carboxylic acids is 1. The highest BCUT2D eigenvalue weighted by Gasteiger charge is 2.20. The molecule has 2 aromatic heterocycles. The van der Waals surface area contributed by atoms with Gasteiger partial charge >= 0.3 is 0 Å². The first kappa shape index (κ1) is 18.3. The van der Waals surface area contributed by atoms with Crippen molar-refractivity contribution >= 4 is 46.1 Å². The molecule has 3 heterocycles. The molecule has 0 bridgehead atoms. The fourth-order valence-corrected chi connectivity index (χ4v) is 3.66. The van der Waals surface area contributed by atoms with Crippen LogP contribution >= 0.6 is 23.4 Å². The van der Waals surface area contributed by atoms with Gasteiger partial charge in [0, 0.05) is 31.9 Å². The summed E-state index contributed by atoms with van der Waals surface area (Å²) in [4.78, 5) is 23.3. The molecule has 0 saturated carbocycles. The second-order valence-electron chi connectivity index (χ2n) is 5.85. The number of alkyl halides is 1. The number of nitrogens with one attached hydrogen (secondary N) is 1. The number of anilines is 1. The number of nitrogens with zero attached hydrogens (tertiary/aromatic N) is 5. The van der Waals surface area contributed by atoms with E-state index >= 15 is 0 Å². The lowest BCUT2D eigenvalue weighted by Crippen LogP contribution is -2.27. The summed E-state index contributed by atoms with van der Waals surface area (Å²) in [6, 6.07) is 0. The van der Waals surface area contributed by atoms with Crippen LogP contribution in [0.1, 0.15) is 26.2 Å². The van der Waals surface area contributed by atoms with Crippen LogP contribution in [0.15, 0.2) is 11.4 Å². The molecule has 2 aromatic rings. The van der Waals surface area contributed by atoms with Crippen molar-refractivity contribution in [1.29, 1.82) is 0 Å². The van der Waals surface area contributed by atoms with Crippen LogP contribution < -0.4 is 10.2 Å². The van der Waals surface area contributed by atoms with Gasteiger partial charge in [-0.15, -0.1) is 11.6 Å². The van der Waals surface area contributed by atoms with Crippen molar-refractivity contribution in [2.24, 2.45) is 0 Å². The first-order valence-electron chi connectivity index (χ1n) is 8.67. The molecule has 0 unspecified atom stereocenters. The zero-order chi connectivity index (χ0) is 17.6. The molecule has 0 atom stereocenters. The minimum Gasteiger partial charge on any atom is -0.356 e. The van der Waals surface area contributed by atoms with Gasteiger partial charge in [-0.2, -0.15) is 5.10 Å². The van der Waals surface area contributed by atoms with Crippen LogP contribution in [0.25, 0.3) is 11.0 Å². The molecule has 1 amide bonds. The van der Waals surface area contributed by atoms with E-state index in [1.807, 2.05) is 10.9 Å². The van der Waals surface area contributed by atoms with Gasteiger partial charge in [0.1, 0.15) is 5.82 Å². The summed E-state index contributed by atoms with van der Waals surface area (Å²) < 4.78 is 1.84. The van der Waals surface area contributed by atoms with Gasteiger partial charge in [-0.1, -0.05) is 18.7 Å². The zero-order valence-electron chi connectivity index (χ0n) is 14.4. The van der Waals surface area contributed by atoms with Crippen LogP contribution in [-0.2, 0) is 11.3 Å². The average molecular weight is 383 g/mol. The van der Waals surface area contributed by atoms with E-state index in [1.165, 1.54) is 12.8 Å². The standard InChI is InChI=1S/C16H23ClN6OS/c1-2-25-16-20-14(22-8-3-4-9-22)12-11-19-23(15(12)21-16)10-7-18-13(24)5-6-17/h11H,2-10H2,1H3,(H,18,24). The van der Waals surface area contributed by atoms with Crippen molar-refractivity contribution in [3.8, 4) is 0 Å². The molecule has 7 nitrogen and oxygen atoms in total. The number of thioether (sulfide) groups is 1. The second-order valence-corrected chi connectivity index (χ2v) is 7.46. The molecule has 3 rings (SSSR count). The van der Waals surface area contributed by atoms with E-state index in [4.69, 9.17) is 16.6 Å². The minimum absolute atomic E-state index is 0.0407. The summed E-state index contributed by atoms with van der Waals surface area (Å²) in [7, 11) is 0. The summed E-state index contributed by atoms with van der Waals surface area (Å²) in [6.07, 6.45) is 4.56. The number of hydrogen-bond donors (Lipinski definition) is 1. The average Bonchev–Trinajstić information content (AvgIpc) is 3.25. The smallest absolute Gasteiger partial charge is 0.221 e. The molecule has 25 heavy (non-hydrogen) atoms. The van der Waals surface area contributed by atoms with Crippen LogP contribution in [0.5, 0.6) is 0 Å². The fraction of sp³-hybridized carbons (Fsp3) is 0.625. The molecule has 1 saturated heterocycles. The van der Waals surface area contributed by atoms with Crippen LogP contribution in [0, 0.1) is 0 Å². The second kappa shape index (κ2) is 8.71. The van der Waals surface area contributed by atoms with Crippen molar-refractivity contribution in [3.05, 3.63) is 6.20 Å². The molecule has 1 fully saturated rings. The third-order valence-electron chi connectivity index (χ3n) is 4.10. The molecule has 1 aliphatic heterocycles. The van der Waals surface area contributed by atoms with Gasteiger partial charge in [-0.25, -0.2) is 14.6 Å². The molecule has 0 spiro atoms. The minimum atomic E-state index is -0.0407. The molecule has 1 aliphatic rings. The summed E-state index contributed by atoms with van der Waals surface area (Å²) in [6.45, 7) is 5.23. The van der Waals surface area contributed by atoms with Gasteiger partial charge in [-0.05, 0) is 18.6 Å². The van der Waals surface area contributed by atoms with E-state index < -0.39 is 0 Å². The van der Waals surface area contributed by atoms with Crippen molar-refractivity contribution < 1.29 is 4.79 Å². The Hall–Kier alpha value is -1.54. The maximum Gasteiger partial charge on any atom is 0.221 e. The Balaban J connectivity index is 1.83. The summed E-state index contributed by atoms with van der Waals surface area (Å²) in [5.74, 6) is 2.20. The Morgan fingerprint density at radius 1 is 1.36 bits per heavy atom. The van der Waals surface area contributed by atoms with Crippen LogP contribution in [0.4, 0.5) is 5.82 Å². The zero-order valence-corrected chi connectivity index (χ0v) is 15.9. The van der Waals surface area contributed by atoms with E-state index in [1.54, 1.807) is 11.8 Å². The first-order valence-corrected chi connectivity index (χ1v) is 10.2. The highest BCUT2D eigenvalue weighted by molar-refractivity contribution is 7.99. The number of hydrogen-bond acceptors (Lipinski definition) is 6. The van der Waals surface area contributed by atoms with E-state index in [9.17, 15) is 4.79 Å². The van der Waals surface area contributed by atoms with Gasteiger partial charge in [0.05, 0.1) is 18.1 Å². The van der Waals surface area contributed by atoms with Gasteiger partial charge in [0.15, 0.2) is 10.8 Å². The van der Waals surface area contributed by atoms with Crippen LogP contribution in [0.2, 0.25) is 0 Å². The Kier molecular flexibility index (Phi) is 6.36. The molecule has 1 N–H and O–H groups in total. The van der Waals surface area contributed by atoms with E-state index in [-0.39, 0.29) is 5.91 Å². The lowest BCUT2D eigenvalue weighted by atomic mass is 10.3. The number of carbonyl (C=O) groups is 1. The molecular weight excluding hydrogens is 360 g/mol. The number of rotatable bonds is 8. The van der Waals surface area contributed by atoms with Gasteiger partial charge < -0.3 is 10.2 Å². The highest BCUT2D eigenvalue weighted by Crippen LogP contribution is 2.29. The summed E-state index contributed by atoms with van der Waals surface area (Å²) in [5.41, 5.74) is 0.833. The summed E-state index contributed by atoms with van der Waals surface area (Å²) >= 11 is 7.21. The predicted octanol–water partition coefficient (Wildman–Crippen LogP) is 2.28. The maximum absolute atomic E-state index is 11.5. The monoisotopic (exact) mass is 382 g/mol. The van der Waals surface area contributed by atoms with Crippen molar-refractivity contribution in [1.82, 2.24) is 25.1 Å². The molecule has 9 heteroatoms. The third-order valence-corrected chi connectivity index (χ3v) is 5.02. The topological polar surface area (TPSA) is 75.9 Å². The number of halogens is 1. The molecule has 0 radical (unpaired) electrons. The largest absolute Gasteiger partial charge is 0.356 e.